The van der Waals surface area contributed by atoms with Crippen LogP contribution in [0.25, 0.3) is 6.08 Å². The van der Waals surface area contributed by atoms with E-state index < -0.39 is 16.7 Å². The van der Waals surface area contributed by atoms with Crippen molar-refractivity contribution in [2.75, 3.05) is 19.0 Å². The van der Waals surface area contributed by atoms with E-state index >= 15 is 0 Å². The van der Waals surface area contributed by atoms with Gasteiger partial charge in [0.1, 0.15) is 11.4 Å². The zero-order valence-electron chi connectivity index (χ0n) is 19.6. The first kappa shape index (κ1) is 28.0. The number of non-ortho nitro benzene ring substituents is 1. The number of aromatic hydroxyl groups is 1. The van der Waals surface area contributed by atoms with Crippen LogP contribution in [0.5, 0.6) is 5.75 Å². The highest BCUT2D eigenvalue weighted by Gasteiger charge is 2.16. The number of anilines is 1. The van der Waals surface area contributed by atoms with Crippen LogP contribution in [-0.4, -0.2) is 42.2 Å². The van der Waals surface area contributed by atoms with Crippen LogP contribution in [0.1, 0.15) is 21.5 Å². The molecule has 190 valence electrons. The molecule has 0 heterocycles. The monoisotopic (exact) mass is 725 g/mol. The van der Waals surface area contributed by atoms with Gasteiger partial charge in [-0.05, 0) is 98.8 Å². The van der Waals surface area contributed by atoms with Gasteiger partial charge in [0.25, 0.3) is 17.5 Å². The molecule has 3 aromatic carbocycles. The summed E-state index contributed by atoms with van der Waals surface area (Å²) in [6, 6.07) is 15.8. The van der Waals surface area contributed by atoms with Gasteiger partial charge in [-0.15, -0.1) is 0 Å². The van der Waals surface area contributed by atoms with Crippen LogP contribution in [0.3, 0.4) is 0 Å². The summed E-state index contributed by atoms with van der Waals surface area (Å²) in [4.78, 5) is 38.0. The number of rotatable bonds is 8. The second-order valence-corrected chi connectivity index (χ2v) is 10.2. The molecule has 37 heavy (non-hydrogen) atoms. The van der Waals surface area contributed by atoms with Gasteiger partial charge in [0.15, 0.2) is 0 Å². The Bertz CT molecular complexity index is 1360. The van der Waals surface area contributed by atoms with Crippen molar-refractivity contribution < 1.29 is 19.6 Å². The molecule has 0 bridgehead atoms. The summed E-state index contributed by atoms with van der Waals surface area (Å²) < 4.78 is 1.27. The minimum Gasteiger partial charge on any atom is -0.506 e. The fourth-order valence-corrected chi connectivity index (χ4v) is 4.82. The van der Waals surface area contributed by atoms with Crippen LogP contribution in [0.2, 0.25) is 0 Å². The molecular weight excluding hydrogens is 704 g/mol. The standard InChI is InChI=1S/C25H21I2N5O5/c1-31(2)18-7-3-15(4-8-18)13-22(29-24(34)17-5-9-19(10-6-17)32(36)37)25(35)30-28-14-16-11-20(26)23(33)21(27)12-16/h3-14,33H,1-2H3,(H,29,34)(H,30,35)/b22-13-,28-14-. The maximum atomic E-state index is 13.0. The Hall–Kier alpha value is -3.53. The number of hydrogen-bond acceptors (Lipinski definition) is 7. The van der Waals surface area contributed by atoms with Crippen molar-refractivity contribution in [1.29, 1.82) is 0 Å². The van der Waals surface area contributed by atoms with Crippen molar-refractivity contribution >= 4 is 80.7 Å². The Morgan fingerprint density at radius 3 is 2.14 bits per heavy atom. The molecule has 0 spiro atoms. The molecule has 0 aliphatic heterocycles. The first-order chi connectivity index (χ1) is 17.5. The third-order valence-corrected chi connectivity index (χ3v) is 6.62. The SMILES string of the molecule is CN(C)c1ccc(/C=C(\NC(=O)c2ccc([N+](=O)[O-])cc2)C(=O)N/N=C\c2cc(I)c(O)c(I)c2)cc1. The zero-order chi connectivity index (χ0) is 27.1. The Kier molecular flexibility index (Phi) is 9.57. The zero-order valence-corrected chi connectivity index (χ0v) is 23.9. The molecule has 10 nitrogen and oxygen atoms in total. The van der Waals surface area contributed by atoms with Crippen molar-refractivity contribution in [3.05, 3.63) is 100 Å². The number of phenolic OH excluding ortho intramolecular Hbond substituents is 1. The van der Waals surface area contributed by atoms with Crippen LogP contribution in [0, 0.1) is 17.3 Å². The van der Waals surface area contributed by atoms with Crippen molar-refractivity contribution in [2.24, 2.45) is 5.10 Å². The van der Waals surface area contributed by atoms with Gasteiger partial charge in [0.2, 0.25) is 0 Å². The van der Waals surface area contributed by atoms with Crippen LogP contribution < -0.4 is 15.6 Å². The van der Waals surface area contributed by atoms with E-state index in [2.05, 4.69) is 15.8 Å². The van der Waals surface area contributed by atoms with Gasteiger partial charge in [0, 0.05) is 37.5 Å². The van der Waals surface area contributed by atoms with E-state index in [1.165, 1.54) is 36.6 Å². The van der Waals surface area contributed by atoms with Crippen molar-refractivity contribution in [3.8, 4) is 5.75 Å². The molecule has 0 radical (unpaired) electrons. The number of carbonyl (C=O) groups is 2. The number of hydrazone groups is 1. The molecule has 3 aromatic rings. The summed E-state index contributed by atoms with van der Waals surface area (Å²) in [6.07, 6.45) is 2.92. The molecule has 0 aromatic heterocycles. The highest BCUT2D eigenvalue weighted by Crippen LogP contribution is 2.26. The van der Waals surface area contributed by atoms with Gasteiger partial charge in [-0.25, -0.2) is 5.43 Å². The van der Waals surface area contributed by atoms with Crippen molar-refractivity contribution in [2.45, 2.75) is 0 Å². The first-order valence-electron chi connectivity index (χ1n) is 10.6. The maximum absolute atomic E-state index is 13.0. The first-order valence-corrected chi connectivity index (χ1v) is 12.8. The second-order valence-electron chi connectivity index (χ2n) is 7.83. The number of carbonyl (C=O) groups excluding carboxylic acids is 2. The minimum absolute atomic E-state index is 0.0760. The summed E-state index contributed by atoms with van der Waals surface area (Å²) in [5.74, 6) is -1.12. The summed E-state index contributed by atoms with van der Waals surface area (Å²) >= 11 is 3.99. The predicted molar refractivity (Wildman–Crippen MR) is 159 cm³/mol. The Balaban J connectivity index is 1.84. The minimum atomic E-state index is -0.675. The fourth-order valence-electron chi connectivity index (χ4n) is 3.01. The average molecular weight is 725 g/mol. The van der Waals surface area contributed by atoms with Crippen LogP contribution in [-0.2, 0) is 4.79 Å². The lowest BCUT2D eigenvalue weighted by Gasteiger charge is -2.12. The normalized spacial score (nSPS) is 11.3. The lowest BCUT2D eigenvalue weighted by atomic mass is 10.1. The second kappa shape index (κ2) is 12.6. The molecule has 0 saturated heterocycles. The summed E-state index contributed by atoms with van der Waals surface area (Å²) in [7, 11) is 3.81. The Labute approximate surface area is 239 Å². The van der Waals surface area contributed by atoms with Crippen LogP contribution in [0.4, 0.5) is 11.4 Å². The third-order valence-electron chi connectivity index (χ3n) is 4.97. The topological polar surface area (TPSA) is 137 Å². The van der Waals surface area contributed by atoms with E-state index in [1.807, 2.05) is 76.3 Å². The van der Waals surface area contributed by atoms with Crippen molar-refractivity contribution in [3.63, 3.8) is 0 Å². The third kappa shape index (κ3) is 7.72. The van der Waals surface area contributed by atoms with Crippen molar-refractivity contribution in [1.82, 2.24) is 10.7 Å². The van der Waals surface area contributed by atoms with Gasteiger partial charge in [-0.1, -0.05) is 12.1 Å². The molecule has 0 fully saturated rings. The summed E-state index contributed by atoms with van der Waals surface area (Å²) in [5.41, 5.74) is 4.59. The van der Waals surface area contributed by atoms with E-state index in [0.717, 1.165) is 5.69 Å². The highest BCUT2D eigenvalue weighted by atomic mass is 127. The molecule has 3 rings (SSSR count). The summed E-state index contributed by atoms with van der Waals surface area (Å²) in [5, 5.41) is 27.3. The van der Waals surface area contributed by atoms with Crippen LogP contribution in [0.15, 0.2) is 71.5 Å². The number of nitro benzene ring substituents is 1. The Morgan fingerprint density at radius 1 is 1.00 bits per heavy atom. The number of nitrogens with zero attached hydrogens (tertiary/aromatic N) is 3. The number of benzene rings is 3. The lowest BCUT2D eigenvalue weighted by molar-refractivity contribution is -0.384. The van der Waals surface area contributed by atoms with Gasteiger partial charge >= 0.3 is 0 Å². The van der Waals surface area contributed by atoms with E-state index in [-0.39, 0.29) is 22.7 Å². The molecule has 2 amide bonds. The molecule has 0 aliphatic rings. The number of hydrogen-bond donors (Lipinski definition) is 3. The molecule has 0 saturated carbocycles. The lowest BCUT2D eigenvalue weighted by Crippen LogP contribution is -2.32. The molecule has 0 unspecified atom stereocenters. The number of phenols is 1. The van der Waals surface area contributed by atoms with Gasteiger partial charge < -0.3 is 15.3 Å². The molecule has 0 aliphatic carbocycles. The number of nitrogens with one attached hydrogen (secondary N) is 2. The average Bonchev–Trinajstić information content (AvgIpc) is 2.87. The number of nitro groups is 1. The smallest absolute Gasteiger partial charge is 0.287 e. The molecule has 12 heteroatoms. The Morgan fingerprint density at radius 2 is 1.59 bits per heavy atom. The largest absolute Gasteiger partial charge is 0.506 e. The van der Waals surface area contributed by atoms with Crippen LogP contribution >= 0.6 is 45.2 Å². The fraction of sp³-hybridized carbons (Fsp3) is 0.0800. The highest BCUT2D eigenvalue weighted by molar-refractivity contribution is 14.1. The van der Waals surface area contributed by atoms with Gasteiger partial charge in [-0.3, -0.25) is 19.7 Å². The van der Waals surface area contributed by atoms with E-state index in [4.69, 9.17) is 0 Å². The quantitative estimate of drug-likeness (QED) is 0.103. The molecular formula is C25H21I2N5O5. The number of halogens is 2. The predicted octanol–water partition coefficient (Wildman–Crippen LogP) is 4.50. The van der Waals surface area contributed by atoms with Gasteiger partial charge in [0.05, 0.1) is 18.3 Å². The van der Waals surface area contributed by atoms with E-state index in [9.17, 15) is 24.8 Å². The van der Waals surface area contributed by atoms with E-state index in [1.54, 1.807) is 24.3 Å². The number of amides is 2. The van der Waals surface area contributed by atoms with E-state index in [0.29, 0.717) is 18.3 Å². The van der Waals surface area contributed by atoms with Gasteiger partial charge in [-0.2, -0.15) is 5.10 Å². The summed E-state index contributed by atoms with van der Waals surface area (Å²) in [6.45, 7) is 0. The maximum Gasteiger partial charge on any atom is 0.287 e. The molecule has 3 N–H and O–H groups in total. The molecule has 0 atom stereocenters.